The van der Waals surface area contributed by atoms with E-state index in [9.17, 15) is 8.78 Å². The fourth-order valence-electron chi connectivity index (χ4n) is 3.71. The zero-order valence-corrected chi connectivity index (χ0v) is 14.5. The number of rotatable bonds is 3. The molecule has 1 saturated carbocycles. The van der Waals surface area contributed by atoms with Crippen LogP contribution < -0.4 is 5.73 Å². The first-order valence-corrected chi connectivity index (χ1v) is 8.39. The van der Waals surface area contributed by atoms with Crippen molar-refractivity contribution in [3.63, 3.8) is 0 Å². The Labute approximate surface area is 134 Å². The average molecular weight is 360 g/mol. The second-order valence-electron chi connectivity index (χ2n) is 7.18. The van der Waals surface area contributed by atoms with Crippen molar-refractivity contribution in [1.82, 2.24) is 0 Å². The standard InChI is InChI=1S/C17H24BrF2N/c1-10-4-5-12(15(21)8-10)17(2,3)9-11-14(19)7-6-13(18)16(11)20/h6-7,10,12,15H,4-5,8-9,21H2,1-3H3. The summed E-state index contributed by atoms with van der Waals surface area (Å²) in [5.41, 5.74) is 6.27. The molecular weight excluding hydrogens is 336 g/mol. The molecular formula is C17H24BrF2N. The summed E-state index contributed by atoms with van der Waals surface area (Å²) in [7, 11) is 0. The predicted molar refractivity (Wildman–Crippen MR) is 86.0 cm³/mol. The second kappa shape index (κ2) is 6.33. The average Bonchev–Trinajstić information content (AvgIpc) is 2.39. The van der Waals surface area contributed by atoms with Gasteiger partial charge in [-0.25, -0.2) is 8.78 Å². The zero-order valence-electron chi connectivity index (χ0n) is 12.9. The molecule has 0 spiro atoms. The topological polar surface area (TPSA) is 26.0 Å². The third-order valence-electron chi connectivity index (χ3n) is 4.94. The Morgan fingerprint density at radius 3 is 2.57 bits per heavy atom. The highest BCUT2D eigenvalue weighted by Crippen LogP contribution is 2.42. The summed E-state index contributed by atoms with van der Waals surface area (Å²) in [4.78, 5) is 0. The summed E-state index contributed by atoms with van der Waals surface area (Å²) in [6, 6.07) is 2.85. The minimum atomic E-state index is -0.485. The molecule has 1 aromatic rings. The van der Waals surface area contributed by atoms with Crippen LogP contribution in [0.1, 0.15) is 45.6 Å². The lowest BCUT2D eigenvalue weighted by Crippen LogP contribution is -2.44. The van der Waals surface area contributed by atoms with E-state index in [1.54, 1.807) is 0 Å². The maximum absolute atomic E-state index is 14.2. The molecule has 0 heterocycles. The number of benzene rings is 1. The first-order valence-electron chi connectivity index (χ1n) is 7.60. The van der Waals surface area contributed by atoms with Gasteiger partial charge in [-0.15, -0.1) is 0 Å². The van der Waals surface area contributed by atoms with Crippen LogP contribution in [0.25, 0.3) is 0 Å². The monoisotopic (exact) mass is 359 g/mol. The third kappa shape index (κ3) is 3.65. The van der Waals surface area contributed by atoms with Gasteiger partial charge in [0.2, 0.25) is 0 Å². The Morgan fingerprint density at radius 1 is 1.29 bits per heavy atom. The highest BCUT2D eigenvalue weighted by molar-refractivity contribution is 9.10. The van der Waals surface area contributed by atoms with Crippen LogP contribution in [0.4, 0.5) is 8.78 Å². The van der Waals surface area contributed by atoms with Crippen LogP contribution in [-0.2, 0) is 6.42 Å². The number of hydrogen-bond donors (Lipinski definition) is 1. The quantitative estimate of drug-likeness (QED) is 0.750. The highest BCUT2D eigenvalue weighted by atomic mass is 79.9. The molecule has 0 radical (unpaired) electrons. The van der Waals surface area contributed by atoms with Gasteiger partial charge in [-0.3, -0.25) is 0 Å². The minimum absolute atomic E-state index is 0.113. The molecule has 3 atom stereocenters. The molecule has 2 rings (SSSR count). The summed E-state index contributed by atoms with van der Waals surface area (Å²) in [6.45, 7) is 6.37. The number of nitrogens with two attached hydrogens (primary N) is 1. The van der Waals surface area contributed by atoms with E-state index in [2.05, 4.69) is 36.7 Å². The van der Waals surface area contributed by atoms with E-state index in [1.807, 2.05) is 0 Å². The Balaban J connectivity index is 2.23. The van der Waals surface area contributed by atoms with Gasteiger partial charge < -0.3 is 5.73 Å². The predicted octanol–water partition coefficient (Wildman–Crippen LogP) is 5.06. The lowest BCUT2D eigenvalue weighted by molar-refractivity contribution is 0.111. The van der Waals surface area contributed by atoms with Gasteiger partial charge in [0.1, 0.15) is 11.6 Å². The number of hydrogen-bond acceptors (Lipinski definition) is 1. The third-order valence-corrected chi connectivity index (χ3v) is 5.55. The van der Waals surface area contributed by atoms with Crippen LogP contribution in [0, 0.1) is 28.9 Å². The van der Waals surface area contributed by atoms with Crippen LogP contribution in [0.2, 0.25) is 0 Å². The van der Waals surface area contributed by atoms with Gasteiger partial charge in [-0.05, 0) is 64.6 Å². The highest BCUT2D eigenvalue weighted by Gasteiger charge is 2.38. The van der Waals surface area contributed by atoms with Crippen molar-refractivity contribution in [3.05, 3.63) is 33.8 Å². The van der Waals surface area contributed by atoms with Crippen molar-refractivity contribution in [3.8, 4) is 0 Å². The van der Waals surface area contributed by atoms with Gasteiger partial charge in [-0.1, -0.05) is 27.2 Å². The van der Waals surface area contributed by atoms with Gasteiger partial charge in [0.15, 0.2) is 0 Å². The Morgan fingerprint density at radius 2 is 1.95 bits per heavy atom. The molecule has 1 aromatic carbocycles. The minimum Gasteiger partial charge on any atom is -0.327 e. The summed E-state index contributed by atoms with van der Waals surface area (Å²) in [6.07, 6.45) is 3.55. The van der Waals surface area contributed by atoms with E-state index >= 15 is 0 Å². The molecule has 0 aromatic heterocycles. The van der Waals surface area contributed by atoms with E-state index in [1.165, 1.54) is 12.1 Å². The van der Waals surface area contributed by atoms with Crippen molar-refractivity contribution in [1.29, 1.82) is 0 Å². The van der Waals surface area contributed by atoms with Crippen molar-refractivity contribution in [2.75, 3.05) is 0 Å². The van der Waals surface area contributed by atoms with Crippen molar-refractivity contribution >= 4 is 15.9 Å². The van der Waals surface area contributed by atoms with E-state index < -0.39 is 11.6 Å². The van der Waals surface area contributed by atoms with E-state index in [-0.39, 0.29) is 17.0 Å². The second-order valence-corrected chi connectivity index (χ2v) is 8.03. The molecule has 21 heavy (non-hydrogen) atoms. The Kier molecular flexibility index (Phi) is 5.09. The van der Waals surface area contributed by atoms with Crippen molar-refractivity contribution in [2.24, 2.45) is 23.0 Å². The molecule has 1 nitrogen and oxygen atoms in total. The molecule has 0 amide bonds. The maximum atomic E-state index is 14.2. The molecule has 0 aliphatic heterocycles. The van der Waals surface area contributed by atoms with Gasteiger partial charge in [0.05, 0.1) is 4.47 Å². The largest absolute Gasteiger partial charge is 0.327 e. The summed E-state index contributed by atoms with van der Waals surface area (Å²) >= 11 is 3.14. The van der Waals surface area contributed by atoms with Crippen LogP contribution in [0.15, 0.2) is 16.6 Å². The summed E-state index contributed by atoms with van der Waals surface area (Å²) < 4.78 is 28.5. The smallest absolute Gasteiger partial charge is 0.143 e. The van der Waals surface area contributed by atoms with Crippen molar-refractivity contribution < 1.29 is 8.78 Å². The molecule has 1 aliphatic rings. The van der Waals surface area contributed by atoms with Crippen LogP contribution in [0.3, 0.4) is 0 Å². The molecule has 1 aliphatic carbocycles. The normalized spacial score (nSPS) is 26.9. The molecule has 118 valence electrons. The van der Waals surface area contributed by atoms with Crippen LogP contribution >= 0.6 is 15.9 Å². The Bertz CT molecular complexity index is 516. The van der Waals surface area contributed by atoms with Gasteiger partial charge in [0.25, 0.3) is 0 Å². The first-order chi connectivity index (χ1) is 9.72. The molecule has 1 fully saturated rings. The lowest BCUT2D eigenvalue weighted by atomic mass is 9.64. The molecule has 2 N–H and O–H groups in total. The maximum Gasteiger partial charge on any atom is 0.143 e. The zero-order chi connectivity index (χ0) is 15.8. The Hall–Kier alpha value is -0.480. The van der Waals surface area contributed by atoms with Gasteiger partial charge in [-0.2, -0.15) is 0 Å². The number of halogens is 3. The molecule has 3 unspecified atom stereocenters. The fraction of sp³-hybridized carbons (Fsp3) is 0.647. The first kappa shape index (κ1) is 16.9. The SMILES string of the molecule is CC1CCC(C(C)(C)Cc2c(F)ccc(Br)c2F)C(N)C1. The fourth-order valence-corrected chi connectivity index (χ4v) is 4.08. The van der Waals surface area contributed by atoms with E-state index in [4.69, 9.17) is 5.73 Å². The summed E-state index contributed by atoms with van der Waals surface area (Å²) in [5.74, 6) is -0.0137. The van der Waals surface area contributed by atoms with Crippen molar-refractivity contribution in [2.45, 2.75) is 52.5 Å². The van der Waals surface area contributed by atoms with Crippen LogP contribution in [0.5, 0.6) is 0 Å². The van der Waals surface area contributed by atoms with Gasteiger partial charge >= 0.3 is 0 Å². The lowest BCUT2D eigenvalue weighted by Gasteiger charge is -2.43. The van der Waals surface area contributed by atoms with Crippen LogP contribution in [-0.4, -0.2) is 6.04 Å². The molecule has 4 heteroatoms. The van der Waals surface area contributed by atoms with E-state index in [0.717, 1.165) is 19.3 Å². The van der Waals surface area contributed by atoms with E-state index in [0.29, 0.717) is 22.7 Å². The summed E-state index contributed by atoms with van der Waals surface area (Å²) in [5, 5.41) is 0. The van der Waals surface area contributed by atoms with Gasteiger partial charge in [0, 0.05) is 11.6 Å². The molecule has 0 saturated heterocycles. The molecule has 0 bridgehead atoms.